The lowest BCUT2D eigenvalue weighted by atomic mass is 10.5. The second-order valence-electron chi connectivity index (χ2n) is 3.08. The SMILES string of the molecule is COC(=O)c1cncc(Sc2nccc(=O)[nH]2)n1. The minimum Gasteiger partial charge on any atom is -0.464 e. The summed E-state index contributed by atoms with van der Waals surface area (Å²) in [5.74, 6) is -0.570. The molecule has 2 aromatic heterocycles. The Labute approximate surface area is 106 Å². The predicted octanol–water partition coefficient (Wildman–Crippen LogP) is 0.498. The molecule has 92 valence electrons. The third-order valence-electron chi connectivity index (χ3n) is 1.86. The highest BCUT2D eigenvalue weighted by atomic mass is 32.2. The predicted molar refractivity (Wildman–Crippen MR) is 62.4 cm³/mol. The van der Waals surface area contributed by atoms with Gasteiger partial charge in [-0.05, 0) is 11.8 Å². The van der Waals surface area contributed by atoms with E-state index in [4.69, 9.17) is 0 Å². The zero-order chi connectivity index (χ0) is 13.0. The second kappa shape index (κ2) is 5.41. The highest BCUT2D eigenvalue weighted by Crippen LogP contribution is 2.20. The molecule has 8 heteroatoms. The van der Waals surface area contributed by atoms with E-state index in [1.54, 1.807) is 0 Å². The summed E-state index contributed by atoms with van der Waals surface area (Å²) >= 11 is 1.10. The van der Waals surface area contributed by atoms with Gasteiger partial charge in [-0.3, -0.25) is 9.78 Å². The van der Waals surface area contributed by atoms with Crippen molar-refractivity contribution in [1.82, 2.24) is 19.9 Å². The molecule has 0 aliphatic heterocycles. The monoisotopic (exact) mass is 264 g/mol. The van der Waals surface area contributed by atoms with Crippen LogP contribution in [0.3, 0.4) is 0 Å². The van der Waals surface area contributed by atoms with Gasteiger partial charge in [-0.1, -0.05) is 0 Å². The maximum Gasteiger partial charge on any atom is 0.358 e. The summed E-state index contributed by atoms with van der Waals surface area (Å²) in [7, 11) is 1.26. The molecule has 0 aliphatic carbocycles. The first kappa shape index (κ1) is 12.2. The second-order valence-corrected chi connectivity index (χ2v) is 4.08. The maximum absolute atomic E-state index is 11.3. The number of hydrogen-bond acceptors (Lipinski definition) is 7. The molecule has 0 saturated carbocycles. The van der Waals surface area contributed by atoms with Gasteiger partial charge in [-0.15, -0.1) is 0 Å². The summed E-state index contributed by atoms with van der Waals surface area (Å²) in [6.07, 6.45) is 4.15. The van der Waals surface area contributed by atoms with Crippen molar-refractivity contribution in [2.75, 3.05) is 7.11 Å². The Hall–Kier alpha value is -2.22. The molecule has 0 saturated heterocycles. The Kier molecular flexibility index (Phi) is 3.68. The van der Waals surface area contributed by atoms with Gasteiger partial charge in [0.25, 0.3) is 5.56 Å². The summed E-state index contributed by atoms with van der Waals surface area (Å²) in [4.78, 5) is 36.7. The number of esters is 1. The third-order valence-corrected chi connectivity index (χ3v) is 2.66. The van der Waals surface area contributed by atoms with Gasteiger partial charge in [0, 0.05) is 12.3 Å². The lowest BCUT2D eigenvalue weighted by molar-refractivity contribution is 0.0592. The molecule has 0 radical (unpaired) electrons. The summed E-state index contributed by atoms with van der Waals surface area (Å²) < 4.78 is 4.54. The molecular formula is C10H8N4O3S. The summed E-state index contributed by atoms with van der Waals surface area (Å²) in [6.45, 7) is 0. The van der Waals surface area contributed by atoms with E-state index in [2.05, 4.69) is 24.7 Å². The van der Waals surface area contributed by atoms with Gasteiger partial charge in [0.1, 0.15) is 5.03 Å². The van der Waals surface area contributed by atoms with E-state index in [9.17, 15) is 9.59 Å². The quantitative estimate of drug-likeness (QED) is 0.636. The fourth-order valence-corrected chi connectivity index (χ4v) is 1.82. The number of hydrogen-bond donors (Lipinski definition) is 1. The number of nitrogens with one attached hydrogen (secondary N) is 1. The zero-order valence-corrected chi connectivity index (χ0v) is 10.1. The third kappa shape index (κ3) is 2.92. The maximum atomic E-state index is 11.3. The molecule has 2 heterocycles. The van der Waals surface area contributed by atoms with Crippen LogP contribution in [-0.4, -0.2) is 33.0 Å². The number of nitrogens with zero attached hydrogens (tertiary/aromatic N) is 3. The number of aromatic nitrogens is 4. The minimum absolute atomic E-state index is 0.0979. The minimum atomic E-state index is -0.570. The molecule has 0 aromatic carbocycles. The van der Waals surface area contributed by atoms with Gasteiger partial charge in [-0.25, -0.2) is 14.8 Å². The van der Waals surface area contributed by atoms with Crippen molar-refractivity contribution >= 4 is 17.7 Å². The average molecular weight is 264 g/mol. The molecule has 0 bridgehead atoms. The van der Waals surface area contributed by atoms with Crippen LogP contribution in [0.1, 0.15) is 10.5 Å². The van der Waals surface area contributed by atoms with Gasteiger partial charge in [0.2, 0.25) is 0 Å². The van der Waals surface area contributed by atoms with Crippen molar-refractivity contribution in [2.24, 2.45) is 0 Å². The number of H-pyrrole nitrogens is 1. The number of carbonyl (C=O) groups is 1. The molecule has 2 aromatic rings. The van der Waals surface area contributed by atoms with Crippen LogP contribution >= 0.6 is 11.8 Å². The van der Waals surface area contributed by atoms with Gasteiger partial charge >= 0.3 is 5.97 Å². The van der Waals surface area contributed by atoms with Crippen molar-refractivity contribution in [3.05, 3.63) is 40.7 Å². The van der Waals surface area contributed by atoms with Gasteiger partial charge in [0.15, 0.2) is 10.9 Å². The summed E-state index contributed by atoms with van der Waals surface area (Å²) in [6, 6.07) is 1.31. The van der Waals surface area contributed by atoms with E-state index >= 15 is 0 Å². The Balaban J connectivity index is 2.24. The number of ether oxygens (including phenoxy) is 1. The van der Waals surface area contributed by atoms with E-state index in [1.807, 2.05) is 0 Å². The summed E-state index contributed by atoms with van der Waals surface area (Å²) in [5.41, 5.74) is -0.162. The Morgan fingerprint density at radius 3 is 3.00 bits per heavy atom. The highest BCUT2D eigenvalue weighted by Gasteiger charge is 2.09. The first-order chi connectivity index (χ1) is 8.69. The molecule has 0 spiro atoms. The first-order valence-corrected chi connectivity index (χ1v) is 5.64. The fraction of sp³-hybridized carbons (Fsp3) is 0.100. The molecule has 7 nitrogen and oxygen atoms in total. The van der Waals surface area contributed by atoms with E-state index in [-0.39, 0.29) is 11.3 Å². The fourth-order valence-electron chi connectivity index (χ4n) is 1.10. The molecule has 0 aliphatic rings. The van der Waals surface area contributed by atoms with Crippen molar-refractivity contribution in [3.63, 3.8) is 0 Å². The van der Waals surface area contributed by atoms with E-state index in [1.165, 1.54) is 31.8 Å². The van der Waals surface area contributed by atoms with Crippen LogP contribution < -0.4 is 5.56 Å². The normalized spacial score (nSPS) is 10.1. The summed E-state index contributed by atoms with van der Waals surface area (Å²) in [5, 5.41) is 0.811. The van der Waals surface area contributed by atoms with Crippen molar-refractivity contribution in [2.45, 2.75) is 10.2 Å². The van der Waals surface area contributed by atoms with E-state index in [0.29, 0.717) is 10.2 Å². The van der Waals surface area contributed by atoms with Crippen LogP contribution in [0.15, 0.2) is 39.6 Å². The van der Waals surface area contributed by atoms with Crippen molar-refractivity contribution < 1.29 is 9.53 Å². The molecule has 18 heavy (non-hydrogen) atoms. The van der Waals surface area contributed by atoms with Crippen LogP contribution in [-0.2, 0) is 4.74 Å². The topological polar surface area (TPSA) is 97.8 Å². The first-order valence-electron chi connectivity index (χ1n) is 4.82. The van der Waals surface area contributed by atoms with Gasteiger partial charge < -0.3 is 9.72 Å². The van der Waals surface area contributed by atoms with Crippen LogP contribution in [0.25, 0.3) is 0 Å². The molecule has 2 rings (SSSR count). The number of rotatable bonds is 3. The molecular weight excluding hydrogens is 256 g/mol. The lowest BCUT2D eigenvalue weighted by Gasteiger charge is -2.01. The van der Waals surface area contributed by atoms with Gasteiger partial charge in [0.05, 0.1) is 19.5 Å². The smallest absolute Gasteiger partial charge is 0.358 e. The zero-order valence-electron chi connectivity index (χ0n) is 9.28. The molecule has 0 atom stereocenters. The molecule has 1 N–H and O–H groups in total. The van der Waals surface area contributed by atoms with E-state index in [0.717, 1.165) is 11.8 Å². The average Bonchev–Trinajstić information content (AvgIpc) is 2.38. The van der Waals surface area contributed by atoms with Crippen LogP contribution in [0, 0.1) is 0 Å². The molecule has 0 fully saturated rings. The van der Waals surface area contributed by atoms with Crippen LogP contribution in [0.2, 0.25) is 0 Å². The standard InChI is InChI=1S/C10H8N4O3S/c1-17-9(16)6-4-11-5-8(13-6)18-10-12-3-2-7(15)14-10/h2-5H,1H3,(H,12,14,15). The van der Waals surface area contributed by atoms with Crippen molar-refractivity contribution in [3.8, 4) is 0 Å². The van der Waals surface area contributed by atoms with Crippen LogP contribution in [0.4, 0.5) is 0 Å². The van der Waals surface area contributed by atoms with Crippen molar-refractivity contribution in [1.29, 1.82) is 0 Å². The Morgan fingerprint density at radius 2 is 2.28 bits per heavy atom. The lowest BCUT2D eigenvalue weighted by Crippen LogP contribution is -2.07. The van der Waals surface area contributed by atoms with Crippen LogP contribution in [0.5, 0.6) is 0 Å². The van der Waals surface area contributed by atoms with E-state index < -0.39 is 5.97 Å². The largest absolute Gasteiger partial charge is 0.464 e. The molecule has 0 unspecified atom stereocenters. The number of carbonyl (C=O) groups excluding carboxylic acids is 1. The van der Waals surface area contributed by atoms with Gasteiger partial charge in [-0.2, -0.15) is 0 Å². The Morgan fingerprint density at radius 1 is 1.44 bits per heavy atom. The molecule has 0 amide bonds. The highest BCUT2D eigenvalue weighted by molar-refractivity contribution is 7.99. The number of methoxy groups -OCH3 is 1. The number of aromatic amines is 1. The Bertz CT molecular complexity index is 628.